The van der Waals surface area contributed by atoms with Gasteiger partial charge in [0, 0.05) is 6.20 Å². The van der Waals surface area contributed by atoms with Gasteiger partial charge in [0.25, 0.3) is 0 Å². The maximum Gasteiger partial charge on any atom is 0.133 e. The largest absolute Gasteiger partial charge is 0.319 e. The number of imidazole rings is 1. The predicted molar refractivity (Wildman–Crippen MR) is 50.3 cm³/mol. The maximum atomic E-state index is 6.10. The lowest BCUT2D eigenvalue weighted by Gasteiger charge is -2.06. The molecule has 2 aromatic heterocycles. The van der Waals surface area contributed by atoms with Crippen molar-refractivity contribution in [3.05, 3.63) is 36.4 Å². The normalized spacial score (nSPS) is 19.2. The highest BCUT2D eigenvalue weighted by Crippen LogP contribution is 2.41. The molecule has 0 bridgehead atoms. The quantitative estimate of drug-likeness (QED) is 0.706. The number of hydrogen-bond acceptors (Lipinski definition) is 2. The molecule has 0 aliphatic heterocycles. The van der Waals surface area contributed by atoms with Crippen LogP contribution in [-0.4, -0.2) is 9.38 Å². The van der Waals surface area contributed by atoms with E-state index in [0.29, 0.717) is 0 Å². The molecule has 1 fully saturated rings. The van der Waals surface area contributed by atoms with Gasteiger partial charge in [0.2, 0.25) is 0 Å². The van der Waals surface area contributed by atoms with Crippen molar-refractivity contribution in [3.8, 4) is 0 Å². The lowest BCUT2D eigenvalue weighted by atomic mass is 10.3. The Morgan fingerprint density at radius 3 is 3.00 bits per heavy atom. The van der Waals surface area contributed by atoms with Crippen molar-refractivity contribution in [2.45, 2.75) is 18.4 Å². The fourth-order valence-electron chi connectivity index (χ4n) is 1.67. The van der Waals surface area contributed by atoms with Gasteiger partial charge in [-0.15, -0.1) is 0 Å². The zero-order valence-corrected chi connectivity index (χ0v) is 7.27. The number of hydrogen-bond donors (Lipinski definition) is 1. The lowest BCUT2D eigenvalue weighted by molar-refractivity contribution is 0.669. The van der Waals surface area contributed by atoms with Crippen LogP contribution in [-0.2, 0) is 5.54 Å². The van der Waals surface area contributed by atoms with Gasteiger partial charge in [-0.1, -0.05) is 6.07 Å². The van der Waals surface area contributed by atoms with Crippen molar-refractivity contribution in [1.29, 1.82) is 0 Å². The van der Waals surface area contributed by atoms with E-state index in [1.165, 1.54) is 0 Å². The van der Waals surface area contributed by atoms with E-state index in [1.54, 1.807) is 0 Å². The Morgan fingerprint density at radius 2 is 2.23 bits per heavy atom. The Labute approximate surface area is 76.2 Å². The second-order valence-electron chi connectivity index (χ2n) is 3.73. The summed E-state index contributed by atoms with van der Waals surface area (Å²) in [7, 11) is 0. The summed E-state index contributed by atoms with van der Waals surface area (Å²) in [6, 6.07) is 6.06. The van der Waals surface area contributed by atoms with E-state index in [1.807, 2.05) is 30.6 Å². The van der Waals surface area contributed by atoms with Crippen LogP contribution in [0.5, 0.6) is 0 Å². The van der Waals surface area contributed by atoms with Crippen LogP contribution in [0.1, 0.15) is 18.7 Å². The minimum absolute atomic E-state index is 0.145. The first-order valence-electron chi connectivity index (χ1n) is 4.51. The van der Waals surface area contributed by atoms with Crippen LogP contribution in [0, 0.1) is 0 Å². The minimum atomic E-state index is -0.145. The van der Waals surface area contributed by atoms with E-state index in [4.69, 9.17) is 5.73 Å². The maximum absolute atomic E-state index is 6.10. The number of nitrogens with zero attached hydrogens (tertiary/aromatic N) is 2. The molecule has 2 N–H and O–H groups in total. The molecule has 0 spiro atoms. The van der Waals surface area contributed by atoms with Crippen molar-refractivity contribution in [2.75, 3.05) is 0 Å². The molecule has 13 heavy (non-hydrogen) atoms. The van der Waals surface area contributed by atoms with Gasteiger partial charge in [-0.05, 0) is 25.0 Å². The van der Waals surface area contributed by atoms with Crippen LogP contribution in [0.3, 0.4) is 0 Å². The fraction of sp³-hybridized carbons (Fsp3) is 0.300. The molecule has 3 heteroatoms. The molecule has 3 nitrogen and oxygen atoms in total. The summed E-state index contributed by atoms with van der Waals surface area (Å²) < 4.78 is 2.08. The fourth-order valence-corrected chi connectivity index (χ4v) is 1.67. The monoisotopic (exact) mass is 173 g/mol. The Morgan fingerprint density at radius 1 is 1.38 bits per heavy atom. The molecule has 3 rings (SSSR count). The Hall–Kier alpha value is -1.35. The molecule has 1 saturated carbocycles. The summed E-state index contributed by atoms with van der Waals surface area (Å²) in [6.45, 7) is 0. The first-order chi connectivity index (χ1) is 6.30. The number of pyridine rings is 1. The van der Waals surface area contributed by atoms with Crippen molar-refractivity contribution in [1.82, 2.24) is 9.38 Å². The van der Waals surface area contributed by atoms with Crippen LogP contribution >= 0.6 is 0 Å². The van der Waals surface area contributed by atoms with Crippen molar-refractivity contribution in [2.24, 2.45) is 5.73 Å². The molecule has 0 atom stereocenters. The molecule has 0 saturated heterocycles. The van der Waals surface area contributed by atoms with E-state index in [0.717, 1.165) is 24.2 Å². The summed E-state index contributed by atoms with van der Waals surface area (Å²) >= 11 is 0. The Bertz CT molecular complexity index is 454. The van der Waals surface area contributed by atoms with Gasteiger partial charge in [-0.25, -0.2) is 4.98 Å². The second-order valence-corrected chi connectivity index (χ2v) is 3.73. The highest BCUT2D eigenvalue weighted by atomic mass is 15.1. The smallest absolute Gasteiger partial charge is 0.133 e. The minimum Gasteiger partial charge on any atom is -0.319 e. The third kappa shape index (κ3) is 0.906. The summed E-state index contributed by atoms with van der Waals surface area (Å²) in [4.78, 5) is 4.37. The Kier molecular flexibility index (Phi) is 1.15. The van der Waals surface area contributed by atoms with Crippen LogP contribution < -0.4 is 5.73 Å². The topological polar surface area (TPSA) is 43.3 Å². The number of fused-ring (bicyclic) bond motifs is 1. The molecule has 0 amide bonds. The highest BCUT2D eigenvalue weighted by Gasteiger charge is 2.43. The molecule has 0 unspecified atom stereocenters. The molecule has 66 valence electrons. The zero-order chi connectivity index (χ0) is 8.89. The average molecular weight is 173 g/mol. The van der Waals surface area contributed by atoms with Gasteiger partial charge in [-0.2, -0.15) is 0 Å². The van der Waals surface area contributed by atoms with E-state index in [2.05, 4.69) is 9.38 Å². The number of aromatic nitrogens is 2. The SMILES string of the molecule is NC1(c2ncc3ccccn23)CC1. The molecule has 0 radical (unpaired) electrons. The predicted octanol–water partition coefficient (Wildman–Crippen LogP) is 1.28. The summed E-state index contributed by atoms with van der Waals surface area (Å²) in [5, 5.41) is 0. The van der Waals surface area contributed by atoms with Gasteiger partial charge in [0.1, 0.15) is 5.82 Å². The summed E-state index contributed by atoms with van der Waals surface area (Å²) in [5.41, 5.74) is 7.07. The average Bonchev–Trinajstić information content (AvgIpc) is 2.76. The van der Waals surface area contributed by atoms with Gasteiger partial charge < -0.3 is 10.1 Å². The third-order valence-corrected chi connectivity index (χ3v) is 2.67. The van der Waals surface area contributed by atoms with E-state index >= 15 is 0 Å². The lowest BCUT2D eigenvalue weighted by Crippen LogP contribution is -2.21. The molecule has 0 aromatic carbocycles. The first kappa shape index (κ1) is 7.09. The summed E-state index contributed by atoms with van der Waals surface area (Å²) in [5.74, 6) is 1.00. The van der Waals surface area contributed by atoms with Gasteiger partial charge in [-0.3, -0.25) is 0 Å². The molecule has 1 aliphatic rings. The standard InChI is InChI=1S/C10H11N3/c11-10(4-5-10)9-12-7-8-3-1-2-6-13(8)9/h1-3,6-7H,4-5,11H2. The highest BCUT2D eigenvalue weighted by molar-refractivity contribution is 5.47. The number of nitrogens with two attached hydrogens (primary N) is 1. The molecule has 2 aromatic rings. The molecular weight excluding hydrogens is 162 g/mol. The third-order valence-electron chi connectivity index (χ3n) is 2.67. The van der Waals surface area contributed by atoms with Gasteiger partial charge in [0.05, 0.1) is 17.3 Å². The van der Waals surface area contributed by atoms with E-state index in [-0.39, 0.29) is 5.54 Å². The van der Waals surface area contributed by atoms with Crippen molar-refractivity contribution >= 4 is 5.52 Å². The van der Waals surface area contributed by atoms with Crippen LogP contribution in [0.25, 0.3) is 5.52 Å². The number of rotatable bonds is 1. The van der Waals surface area contributed by atoms with Gasteiger partial charge in [0.15, 0.2) is 0 Å². The van der Waals surface area contributed by atoms with Crippen molar-refractivity contribution in [3.63, 3.8) is 0 Å². The zero-order valence-electron chi connectivity index (χ0n) is 7.27. The van der Waals surface area contributed by atoms with E-state index in [9.17, 15) is 0 Å². The second kappa shape index (κ2) is 2.12. The Balaban J connectivity index is 2.30. The van der Waals surface area contributed by atoms with E-state index < -0.39 is 0 Å². The summed E-state index contributed by atoms with van der Waals surface area (Å²) in [6.07, 6.45) is 6.01. The van der Waals surface area contributed by atoms with Crippen molar-refractivity contribution < 1.29 is 0 Å². The first-order valence-corrected chi connectivity index (χ1v) is 4.51. The van der Waals surface area contributed by atoms with Gasteiger partial charge >= 0.3 is 0 Å². The molecule has 1 aliphatic carbocycles. The van der Waals surface area contributed by atoms with Crippen LogP contribution in [0.15, 0.2) is 30.6 Å². The van der Waals surface area contributed by atoms with Crippen LogP contribution in [0.2, 0.25) is 0 Å². The molecule has 2 heterocycles. The molecular formula is C10H11N3. The van der Waals surface area contributed by atoms with Crippen LogP contribution in [0.4, 0.5) is 0 Å².